The van der Waals surface area contributed by atoms with Gasteiger partial charge < -0.3 is 10.2 Å². The third-order valence-electron chi connectivity index (χ3n) is 4.15. The highest BCUT2D eigenvalue weighted by Gasteiger charge is 2.25. The molecule has 20 heavy (non-hydrogen) atoms. The second-order valence-corrected chi connectivity index (χ2v) is 5.34. The van der Waals surface area contributed by atoms with Crippen molar-refractivity contribution in [2.45, 2.75) is 18.9 Å². The minimum absolute atomic E-state index is 0.552. The summed E-state index contributed by atoms with van der Waals surface area (Å²) in [5.74, 6) is 0. The monoisotopic (exact) mass is 265 g/mol. The number of nitriles is 1. The standard InChI is InChI=1S/C17H19N3/c1-19-12-14-5-4-10-20(14)17-9-8-13(11-18)15-6-2-3-7-16(15)17/h2-3,6-9,14,19H,4-5,10,12H2,1H3. The van der Waals surface area contributed by atoms with Gasteiger partial charge in [-0.25, -0.2) is 0 Å². The van der Waals surface area contributed by atoms with Crippen molar-refractivity contribution < 1.29 is 0 Å². The highest BCUT2D eigenvalue weighted by molar-refractivity contribution is 5.98. The Morgan fingerprint density at radius 1 is 1.25 bits per heavy atom. The molecule has 1 saturated heterocycles. The predicted molar refractivity (Wildman–Crippen MR) is 83.0 cm³/mol. The molecule has 2 aromatic carbocycles. The smallest absolute Gasteiger partial charge is 0.0998 e. The van der Waals surface area contributed by atoms with E-state index < -0.39 is 0 Å². The molecule has 1 aliphatic heterocycles. The van der Waals surface area contributed by atoms with Crippen LogP contribution in [0, 0.1) is 11.3 Å². The van der Waals surface area contributed by atoms with Gasteiger partial charge >= 0.3 is 0 Å². The van der Waals surface area contributed by atoms with E-state index in [0.29, 0.717) is 6.04 Å². The first-order chi connectivity index (χ1) is 9.85. The Labute approximate surface area is 119 Å². The van der Waals surface area contributed by atoms with Crippen molar-refractivity contribution in [1.82, 2.24) is 5.32 Å². The quantitative estimate of drug-likeness (QED) is 0.927. The van der Waals surface area contributed by atoms with E-state index in [1.54, 1.807) is 0 Å². The molecular weight excluding hydrogens is 246 g/mol. The molecule has 0 bridgehead atoms. The summed E-state index contributed by atoms with van der Waals surface area (Å²) in [6, 6.07) is 15.1. The molecule has 1 N–H and O–H groups in total. The van der Waals surface area contributed by atoms with Crippen LogP contribution in [0.1, 0.15) is 18.4 Å². The first-order valence-electron chi connectivity index (χ1n) is 7.18. The average Bonchev–Trinajstić information content (AvgIpc) is 2.94. The van der Waals surface area contributed by atoms with Gasteiger partial charge in [-0.3, -0.25) is 0 Å². The van der Waals surface area contributed by atoms with Gasteiger partial charge in [0.25, 0.3) is 0 Å². The molecule has 102 valence electrons. The maximum absolute atomic E-state index is 9.25. The Morgan fingerprint density at radius 2 is 2.05 bits per heavy atom. The van der Waals surface area contributed by atoms with Crippen molar-refractivity contribution in [2.75, 3.05) is 25.0 Å². The molecular formula is C17H19N3. The van der Waals surface area contributed by atoms with Crippen LogP contribution in [0.2, 0.25) is 0 Å². The Balaban J connectivity index is 2.11. The normalized spacial score (nSPS) is 18.4. The zero-order valence-corrected chi connectivity index (χ0v) is 11.8. The molecule has 0 saturated carbocycles. The highest BCUT2D eigenvalue weighted by atomic mass is 15.2. The molecule has 0 amide bonds. The zero-order chi connectivity index (χ0) is 13.9. The molecule has 1 heterocycles. The molecule has 0 aliphatic carbocycles. The van der Waals surface area contributed by atoms with E-state index in [9.17, 15) is 5.26 Å². The summed E-state index contributed by atoms with van der Waals surface area (Å²) in [5, 5.41) is 14.8. The summed E-state index contributed by atoms with van der Waals surface area (Å²) < 4.78 is 0. The lowest BCUT2D eigenvalue weighted by Crippen LogP contribution is -2.36. The van der Waals surface area contributed by atoms with E-state index in [1.807, 2.05) is 25.2 Å². The number of likely N-dealkylation sites (N-methyl/N-ethyl adjacent to an activating group) is 1. The van der Waals surface area contributed by atoms with Crippen LogP contribution in [0.4, 0.5) is 5.69 Å². The fourth-order valence-electron chi connectivity index (χ4n) is 3.23. The largest absolute Gasteiger partial charge is 0.367 e. The van der Waals surface area contributed by atoms with Crippen LogP contribution in [0.3, 0.4) is 0 Å². The average molecular weight is 265 g/mol. The lowest BCUT2D eigenvalue weighted by Gasteiger charge is -2.28. The Morgan fingerprint density at radius 3 is 2.80 bits per heavy atom. The second kappa shape index (κ2) is 5.52. The number of hydrogen-bond donors (Lipinski definition) is 1. The lowest BCUT2D eigenvalue weighted by atomic mass is 10.0. The molecule has 0 aromatic heterocycles. The van der Waals surface area contributed by atoms with Gasteiger partial charge in [0, 0.05) is 35.6 Å². The summed E-state index contributed by atoms with van der Waals surface area (Å²) in [6.07, 6.45) is 2.47. The third-order valence-corrected chi connectivity index (χ3v) is 4.15. The van der Waals surface area contributed by atoms with Gasteiger partial charge in [0.15, 0.2) is 0 Å². The van der Waals surface area contributed by atoms with E-state index in [0.717, 1.165) is 24.0 Å². The Bertz CT molecular complexity index is 657. The maximum Gasteiger partial charge on any atom is 0.0998 e. The van der Waals surface area contributed by atoms with E-state index in [4.69, 9.17) is 0 Å². The van der Waals surface area contributed by atoms with E-state index in [1.165, 1.54) is 23.9 Å². The van der Waals surface area contributed by atoms with Crippen LogP contribution in [-0.4, -0.2) is 26.2 Å². The number of hydrogen-bond acceptors (Lipinski definition) is 3. The lowest BCUT2D eigenvalue weighted by molar-refractivity contribution is 0.616. The summed E-state index contributed by atoms with van der Waals surface area (Å²) in [4.78, 5) is 2.49. The maximum atomic E-state index is 9.25. The molecule has 3 rings (SSSR count). The fourth-order valence-corrected chi connectivity index (χ4v) is 3.23. The SMILES string of the molecule is CNCC1CCCN1c1ccc(C#N)c2ccccc12. The topological polar surface area (TPSA) is 39.1 Å². The number of fused-ring (bicyclic) bond motifs is 1. The highest BCUT2D eigenvalue weighted by Crippen LogP contribution is 2.33. The van der Waals surface area contributed by atoms with Crippen LogP contribution < -0.4 is 10.2 Å². The molecule has 0 spiro atoms. The molecule has 0 radical (unpaired) electrons. The molecule has 1 unspecified atom stereocenters. The Kier molecular flexibility index (Phi) is 3.58. The van der Waals surface area contributed by atoms with Crippen molar-refractivity contribution in [3.05, 3.63) is 42.0 Å². The van der Waals surface area contributed by atoms with E-state index in [-0.39, 0.29) is 0 Å². The summed E-state index contributed by atoms with van der Waals surface area (Å²) in [6.45, 7) is 2.11. The van der Waals surface area contributed by atoms with Crippen LogP contribution in [0.5, 0.6) is 0 Å². The summed E-state index contributed by atoms with van der Waals surface area (Å²) in [7, 11) is 2.01. The number of anilines is 1. The Hall–Kier alpha value is -2.05. The molecule has 1 fully saturated rings. The van der Waals surface area contributed by atoms with Crippen LogP contribution in [0.15, 0.2) is 36.4 Å². The minimum Gasteiger partial charge on any atom is -0.367 e. The zero-order valence-electron chi connectivity index (χ0n) is 11.8. The van der Waals surface area contributed by atoms with Gasteiger partial charge in [-0.2, -0.15) is 5.26 Å². The second-order valence-electron chi connectivity index (χ2n) is 5.34. The van der Waals surface area contributed by atoms with Crippen LogP contribution in [0.25, 0.3) is 10.8 Å². The number of nitrogens with one attached hydrogen (secondary N) is 1. The van der Waals surface area contributed by atoms with Gasteiger partial charge in [0.1, 0.15) is 0 Å². The number of nitrogens with zero attached hydrogens (tertiary/aromatic N) is 2. The van der Waals surface area contributed by atoms with Gasteiger partial charge in [0.2, 0.25) is 0 Å². The van der Waals surface area contributed by atoms with Gasteiger partial charge in [-0.05, 0) is 32.0 Å². The number of benzene rings is 2. The molecule has 1 atom stereocenters. The predicted octanol–water partition coefficient (Wildman–Crippen LogP) is 2.90. The van der Waals surface area contributed by atoms with Gasteiger partial charge in [-0.15, -0.1) is 0 Å². The molecule has 2 aromatic rings. The van der Waals surface area contributed by atoms with Crippen LogP contribution >= 0.6 is 0 Å². The third kappa shape index (κ3) is 2.13. The van der Waals surface area contributed by atoms with Crippen molar-refractivity contribution >= 4 is 16.5 Å². The van der Waals surface area contributed by atoms with Crippen molar-refractivity contribution in [1.29, 1.82) is 5.26 Å². The first-order valence-corrected chi connectivity index (χ1v) is 7.18. The van der Waals surface area contributed by atoms with E-state index >= 15 is 0 Å². The summed E-state index contributed by atoms with van der Waals surface area (Å²) >= 11 is 0. The molecule has 1 aliphatic rings. The molecule has 3 nitrogen and oxygen atoms in total. The van der Waals surface area contributed by atoms with Gasteiger partial charge in [-0.1, -0.05) is 24.3 Å². The number of rotatable bonds is 3. The van der Waals surface area contributed by atoms with E-state index in [2.05, 4.69) is 34.5 Å². The van der Waals surface area contributed by atoms with Crippen molar-refractivity contribution in [2.24, 2.45) is 0 Å². The first kappa shape index (κ1) is 13.0. The summed E-state index contributed by atoms with van der Waals surface area (Å²) in [5.41, 5.74) is 2.02. The molecule has 3 heteroatoms. The van der Waals surface area contributed by atoms with Gasteiger partial charge in [0.05, 0.1) is 11.6 Å². The van der Waals surface area contributed by atoms with Crippen LogP contribution in [-0.2, 0) is 0 Å². The fraction of sp³-hybridized carbons (Fsp3) is 0.353. The van der Waals surface area contributed by atoms with Crippen molar-refractivity contribution in [3.63, 3.8) is 0 Å². The minimum atomic E-state index is 0.552. The van der Waals surface area contributed by atoms with Crippen molar-refractivity contribution in [3.8, 4) is 6.07 Å².